The molecule has 0 spiro atoms. The van der Waals surface area contributed by atoms with Crippen molar-refractivity contribution in [1.82, 2.24) is 13.9 Å². The molecule has 2 fully saturated rings. The fourth-order valence-electron chi connectivity index (χ4n) is 2.81. The summed E-state index contributed by atoms with van der Waals surface area (Å²) >= 11 is 0. The molecule has 124 valence electrons. The maximum atomic E-state index is 12.2. The van der Waals surface area contributed by atoms with Crippen LogP contribution < -0.4 is 4.72 Å². The zero-order valence-electron chi connectivity index (χ0n) is 12.5. The molecule has 21 heavy (non-hydrogen) atoms. The van der Waals surface area contributed by atoms with Crippen molar-refractivity contribution in [1.29, 1.82) is 0 Å². The first-order chi connectivity index (χ1) is 10.1. The first kappa shape index (κ1) is 17.1. The van der Waals surface area contributed by atoms with Crippen molar-refractivity contribution in [3.8, 4) is 0 Å². The van der Waals surface area contributed by atoms with E-state index < -0.39 is 10.2 Å². The van der Waals surface area contributed by atoms with Crippen LogP contribution in [0.25, 0.3) is 0 Å². The molecule has 0 aliphatic carbocycles. The Kier molecular flexibility index (Phi) is 6.84. The zero-order valence-corrected chi connectivity index (χ0v) is 13.4. The summed E-state index contributed by atoms with van der Waals surface area (Å²) in [7, 11) is -3.40. The molecular formula is C13H27N3O4S. The molecule has 0 aromatic rings. The summed E-state index contributed by atoms with van der Waals surface area (Å²) in [5, 5.41) is 9.18. The SMILES string of the molecule is O=S(=O)(NCCCN1CCOCC1)N1CCCC(CO)C1. The lowest BCUT2D eigenvalue weighted by atomic mass is 10.0. The van der Waals surface area contributed by atoms with E-state index in [0.717, 1.165) is 52.1 Å². The highest BCUT2D eigenvalue weighted by Crippen LogP contribution is 2.17. The van der Waals surface area contributed by atoms with Crippen LogP contribution in [0.1, 0.15) is 19.3 Å². The highest BCUT2D eigenvalue weighted by atomic mass is 32.2. The number of hydrogen-bond acceptors (Lipinski definition) is 5. The number of nitrogens with one attached hydrogen (secondary N) is 1. The Morgan fingerprint density at radius 2 is 2.00 bits per heavy atom. The van der Waals surface area contributed by atoms with E-state index >= 15 is 0 Å². The van der Waals surface area contributed by atoms with Gasteiger partial charge in [-0.25, -0.2) is 4.72 Å². The predicted octanol–water partition coefficient (Wildman–Crippen LogP) is -0.753. The molecule has 0 aromatic heterocycles. The van der Waals surface area contributed by atoms with E-state index in [1.54, 1.807) is 0 Å². The van der Waals surface area contributed by atoms with E-state index in [-0.39, 0.29) is 12.5 Å². The Hall–Kier alpha value is -0.250. The average Bonchev–Trinajstić information content (AvgIpc) is 2.53. The molecule has 2 rings (SSSR count). The smallest absolute Gasteiger partial charge is 0.279 e. The highest BCUT2D eigenvalue weighted by molar-refractivity contribution is 7.87. The second kappa shape index (κ2) is 8.40. The third-order valence-electron chi connectivity index (χ3n) is 4.12. The molecule has 8 heteroatoms. The quantitative estimate of drug-likeness (QED) is 0.603. The molecule has 0 saturated carbocycles. The van der Waals surface area contributed by atoms with Crippen LogP contribution in [0.3, 0.4) is 0 Å². The van der Waals surface area contributed by atoms with Crippen molar-refractivity contribution >= 4 is 10.2 Å². The zero-order chi connectivity index (χ0) is 15.1. The van der Waals surface area contributed by atoms with Crippen LogP contribution in [-0.2, 0) is 14.9 Å². The molecule has 2 N–H and O–H groups in total. The molecule has 2 aliphatic heterocycles. The third kappa shape index (κ3) is 5.46. The number of rotatable bonds is 7. The Morgan fingerprint density at radius 1 is 1.24 bits per heavy atom. The number of ether oxygens (including phenoxy) is 1. The van der Waals surface area contributed by atoms with Crippen LogP contribution in [0.2, 0.25) is 0 Å². The lowest BCUT2D eigenvalue weighted by Gasteiger charge is -2.31. The fraction of sp³-hybridized carbons (Fsp3) is 1.00. The van der Waals surface area contributed by atoms with Gasteiger partial charge in [0.1, 0.15) is 0 Å². The van der Waals surface area contributed by atoms with Crippen molar-refractivity contribution in [3.63, 3.8) is 0 Å². The van der Waals surface area contributed by atoms with Crippen LogP contribution in [0, 0.1) is 5.92 Å². The lowest BCUT2D eigenvalue weighted by Crippen LogP contribution is -2.47. The monoisotopic (exact) mass is 321 g/mol. The number of nitrogens with zero attached hydrogens (tertiary/aromatic N) is 2. The average molecular weight is 321 g/mol. The van der Waals surface area contributed by atoms with Gasteiger partial charge >= 0.3 is 0 Å². The summed E-state index contributed by atoms with van der Waals surface area (Å²) in [4.78, 5) is 2.29. The number of aliphatic hydroxyl groups is 1. The van der Waals surface area contributed by atoms with Crippen LogP contribution in [0.15, 0.2) is 0 Å². The molecular weight excluding hydrogens is 294 g/mol. The maximum Gasteiger partial charge on any atom is 0.279 e. The van der Waals surface area contributed by atoms with Crippen molar-refractivity contribution < 1.29 is 18.3 Å². The summed E-state index contributed by atoms with van der Waals surface area (Å²) in [5.74, 6) is 0.0728. The Bertz CT molecular complexity index is 398. The summed E-state index contributed by atoms with van der Waals surface area (Å²) < 4.78 is 33.8. The van der Waals surface area contributed by atoms with Gasteiger partial charge in [0, 0.05) is 39.3 Å². The van der Waals surface area contributed by atoms with E-state index in [4.69, 9.17) is 4.74 Å². The van der Waals surface area contributed by atoms with Gasteiger partial charge in [0.25, 0.3) is 10.2 Å². The van der Waals surface area contributed by atoms with Crippen molar-refractivity contribution in [2.45, 2.75) is 19.3 Å². The number of aliphatic hydroxyl groups excluding tert-OH is 1. The molecule has 1 atom stereocenters. The van der Waals surface area contributed by atoms with Gasteiger partial charge in [-0.05, 0) is 31.7 Å². The summed E-state index contributed by atoms with van der Waals surface area (Å²) in [5.41, 5.74) is 0. The van der Waals surface area contributed by atoms with Gasteiger partial charge in [-0.2, -0.15) is 12.7 Å². The summed E-state index contributed by atoms with van der Waals surface area (Å²) in [6.07, 6.45) is 2.52. The minimum Gasteiger partial charge on any atom is -0.396 e. The number of piperidine rings is 1. The van der Waals surface area contributed by atoms with Gasteiger partial charge in [0.15, 0.2) is 0 Å². The molecule has 0 radical (unpaired) electrons. The van der Waals surface area contributed by atoms with E-state index in [0.29, 0.717) is 19.6 Å². The first-order valence-electron chi connectivity index (χ1n) is 7.77. The molecule has 0 bridgehead atoms. The van der Waals surface area contributed by atoms with E-state index in [2.05, 4.69) is 9.62 Å². The highest BCUT2D eigenvalue weighted by Gasteiger charge is 2.28. The van der Waals surface area contributed by atoms with E-state index in [1.807, 2.05) is 0 Å². The summed E-state index contributed by atoms with van der Waals surface area (Å²) in [6, 6.07) is 0. The topological polar surface area (TPSA) is 82.1 Å². The largest absolute Gasteiger partial charge is 0.396 e. The van der Waals surface area contributed by atoms with E-state index in [9.17, 15) is 13.5 Å². The Morgan fingerprint density at radius 3 is 2.71 bits per heavy atom. The normalized spacial score (nSPS) is 26.0. The number of hydrogen-bond donors (Lipinski definition) is 2. The molecule has 2 aliphatic rings. The molecule has 2 saturated heterocycles. The minimum absolute atomic E-state index is 0.0586. The molecule has 2 heterocycles. The van der Waals surface area contributed by atoms with Crippen molar-refractivity contribution in [2.75, 3.05) is 59.1 Å². The van der Waals surface area contributed by atoms with Crippen molar-refractivity contribution in [3.05, 3.63) is 0 Å². The lowest BCUT2D eigenvalue weighted by molar-refractivity contribution is 0.0376. The first-order valence-corrected chi connectivity index (χ1v) is 9.21. The van der Waals surface area contributed by atoms with Crippen molar-refractivity contribution in [2.24, 2.45) is 5.92 Å². The third-order valence-corrected chi connectivity index (χ3v) is 5.70. The fourth-order valence-corrected chi connectivity index (χ4v) is 4.18. The van der Waals surface area contributed by atoms with Gasteiger partial charge in [0.2, 0.25) is 0 Å². The van der Waals surface area contributed by atoms with Gasteiger partial charge < -0.3 is 9.84 Å². The Balaban J connectivity index is 1.68. The molecule has 0 amide bonds. The summed E-state index contributed by atoms with van der Waals surface area (Å²) in [6.45, 7) is 5.77. The van der Waals surface area contributed by atoms with Crippen LogP contribution in [-0.4, -0.2) is 81.8 Å². The second-order valence-electron chi connectivity index (χ2n) is 5.76. The van der Waals surface area contributed by atoms with E-state index in [1.165, 1.54) is 4.31 Å². The minimum atomic E-state index is -3.40. The van der Waals surface area contributed by atoms with Gasteiger partial charge in [-0.15, -0.1) is 0 Å². The molecule has 0 aromatic carbocycles. The predicted molar refractivity (Wildman–Crippen MR) is 80.2 cm³/mol. The maximum absolute atomic E-state index is 12.2. The van der Waals surface area contributed by atoms with Gasteiger partial charge in [-0.1, -0.05) is 0 Å². The van der Waals surface area contributed by atoms with Crippen LogP contribution in [0.5, 0.6) is 0 Å². The second-order valence-corrected chi connectivity index (χ2v) is 7.51. The van der Waals surface area contributed by atoms with Crippen LogP contribution in [0.4, 0.5) is 0 Å². The Labute approximate surface area is 127 Å². The molecule has 7 nitrogen and oxygen atoms in total. The standard InChI is InChI=1S/C13H27N3O4S/c17-12-13-3-1-6-16(11-13)21(18,19)14-4-2-5-15-7-9-20-10-8-15/h13-14,17H,1-12H2. The molecule has 1 unspecified atom stereocenters. The van der Waals surface area contributed by atoms with Gasteiger partial charge in [-0.3, -0.25) is 4.90 Å². The van der Waals surface area contributed by atoms with Crippen LogP contribution >= 0.6 is 0 Å². The van der Waals surface area contributed by atoms with Gasteiger partial charge in [0.05, 0.1) is 13.2 Å². The number of morpholine rings is 1.